The van der Waals surface area contributed by atoms with E-state index in [9.17, 15) is 0 Å². The van der Waals surface area contributed by atoms with E-state index >= 15 is 0 Å². The van der Waals surface area contributed by atoms with E-state index in [4.69, 9.17) is 8.85 Å². The molecular formula is C11H23NO2Si. The van der Waals surface area contributed by atoms with Gasteiger partial charge in [0.2, 0.25) is 0 Å². The molecule has 2 unspecified atom stereocenters. The first kappa shape index (κ1) is 11.6. The Kier molecular flexibility index (Phi) is 4.19. The first-order chi connectivity index (χ1) is 7.35. The lowest BCUT2D eigenvalue weighted by molar-refractivity contribution is 0.0968. The number of nitrogens with zero attached hydrogens (tertiary/aromatic N) is 1. The predicted octanol–water partition coefficient (Wildman–Crippen LogP) is 1.51. The van der Waals surface area contributed by atoms with Crippen LogP contribution in [0.3, 0.4) is 0 Å². The van der Waals surface area contributed by atoms with E-state index in [0.29, 0.717) is 0 Å². The van der Waals surface area contributed by atoms with Crippen molar-refractivity contribution < 1.29 is 8.85 Å². The second kappa shape index (κ2) is 5.43. The van der Waals surface area contributed by atoms with Crippen molar-refractivity contribution >= 4 is 9.45 Å². The van der Waals surface area contributed by atoms with Crippen LogP contribution in [-0.4, -0.2) is 41.3 Å². The molecule has 0 aromatic carbocycles. The van der Waals surface area contributed by atoms with Gasteiger partial charge in [0.15, 0.2) is 0 Å². The van der Waals surface area contributed by atoms with Gasteiger partial charge in [-0.2, -0.15) is 0 Å². The van der Waals surface area contributed by atoms with Gasteiger partial charge < -0.3 is 8.85 Å². The maximum Gasteiger partial charge on any atom is 0.410 e. The molecule has 1 saturated heterocycles. The molecule has 0 bridgehead atoms. The second-order valence-electron chi connectivity index (χ2n) is 4.87. The SMILES string of the molecule is CO[SiH](OC)N1CCC2CCCCC2C1. The monoisotopic (exact) mass is 229 g/mol. The Balaban J connectivity index is 1.90. The summed E-state index contributed by atoms with van der Waals surface area (Å²) >= 11 is 0. The summed E-state index contributed by atoms with van der Waals surface area (Å²) in [5, 5.41) is 0. The van der Waals surface area contributed by atoms with Gasteiger partial charge in [0.1, 0.15) is 0 Å². The van der Waals surface area contributed by atoms with Crippen molar-refractivity contribution in [3.05, 3.63) is 0 Å². The van der Waals surface area contributed by atoms with E-state index in [-0.39, 0.29) is 0 Å². The fraction of sp³-hybridized carbons (Fsp3) is 1.00. The van der Waals surface area contributed by atoms with Gasteiger partial charge in [-0.3, -0.25) is 4.57 Å². The molecule has 1 aliphatic heterocycles. The first-order valence-corrected chi connectivity index (χ1v) is 7.60. The van der Waals surface area contributed by atoms with Gasteiger partial charge in [0.25, 0.3) is 0 Å². The van der Waals surface area contributed by atoms with Crippen LogP contribution in [0.15, 0.2) is 0 Å². The Labute approximate surface area is 94.7 Å². The van der Waals surface area contributed by atoms with Crippen LogP contribution in [0, 0.1) is 11.8 Å². The molecule has 4 heteroatoms. The predicted molar refractivity (Wildman–Crippen MR) is 62.8 cm³/mol. The minimum Gasteiger partial charge on any atom is -0.388 e. The lowest BCUT2D eigenvalue weighted by Gasteiger charge is -2.42. The molecule has 1 heterocycles. The van der Waals surface area contributed by atoms with Crippen LogP contribution < -0.4 is 0 Å². The highest BCUT2D eigenvalue weighted by molar-refractivity contribution is 6.40. The molecule has 0 aromatic heterocycles. The van der Waals surface area contributed by atoms with Gasteiger partial charge in [-0.05, 0) is 37.8 Å². The first-order valence-electron chi connectivity index (χ1n) is 6.14. The average Bonchev–Trinajstić information content (AvgIpc) is 2.30. The minimum atomic E-state index is -1.51. The lowest BCUT2D eigenvalue weighted by Crippen LogP contribution is -2.51. The molecule has 0 N–H and O–H groups in total. The Hall–Kier alpha value is 0.0969. The molecule has 0 spiro atoms. The summed E-state index contributed by atoms with van der Waals surface area (Å²) in [7, 11) is 2.06. The van der Waals surface area contributed by atoms with Gasteiger partial charge >= 0.3 is 9.45 Å². The maximum absolute atomic E-state index is 5.46. The number of fused-ring (bicyclic) bond motifs is 1. The molecule has 0 radical (unpaired) electrons. The molecule has 3 nitrogen and oxygen atoms in total. The summed E-state index contributed by atoms with van der Waals surface area (Å²) in [6.45, 7) is 2.42. The van der Waals surface area contributed by atoms with E-state index in [0.717, 1.165) is 11.8 Å². The fourth-order valence-electron chi connectivity index (χ4n) is 3.21. The minimum absolute atomic E-state index is 0.924. The third-order valence-electron chi connectivity index (χ3n) is 4.02. The van der Waals surface area contributed by atoms with Crippen LogP contribution in [0.5, 0.6) is 0 Å². The topological polar surface area (TPSA) is 21.7 Å². The zero-order chi connectivity index (χ0) is 10.7. The Morgan fingerprint density at radius 1 is 1.00 bits per heavy atom. The van der Waals surface area contributed by atoms with Crippen LogP contribution in [-0.2, 0) is 8.85 Å². The van der Waals surface area contributed by atoms with Gasteiger partial charge in [-0.1, -0.05) is 19.3 Å². The highest BCUT2D eigenvalue weighted by Crippen LogP contribution is 2.36. The van der Waals surface area contributed by atoms with Gasteiger partial charge in [0.05, 0.1) is 0 Å². The van der Waals surface area contributed by atoms with Gasteiger partial charge in [0, 0.05) is 14.2 Å². The molecule has 0 aromatic rings. The number of hydrogen-bond acceptors (Lipinski definition) is 3. The van der Waals surface area contributed by atoms with Crippen molar-refractivity contribution in [2.75, 3.05) is 27.3 Å². The van der Waals surface area contributed by atoms with Crippen LogP contribution in [0.4, 0.5) is 0 Å². The highest BCUT2D eigenvalue weighted by Gasteiger charge is 2.34. The van der Waals surface area contributed by atoms with E-state index in [1.54, 1.807) is 14.2 Å². The summed E-state index contributed by atoms with van der Waals surface area (Å²) in [6.07, 6.45) is 7.14. The summed E-state index contributed by atoms with van der Waals surface area (Å²) in [5.41, 5.74) is 0. The third kappa shape index (κ3) is 2.61. The summed E-state index contributed by atoms with van der Waals surface area (Å²) < 4.78 is 13.4. The largest absolute Gasteiger partial charge is 0.410 e. The van der Waals surface area contributed by atoms with Crippen molar-refractivity contribution in [1.82, 2.24) is 4.57 Å². The summed E-state index contributed by atoms with van der Waals surface area (Å²) in [6, 6.07) is 0. The molecule has 1 saturated carbocycles. The highest BCUT2D eigenvalue weighted by atomic mass is 28.3. The fourth-order valence-corrected chi connectivity index (χ4v) is 4.81. The van der Waals surface area contributed by atoms with E-state index < -0.39 is 9.45 Å². The molecule has 88 valence electrons. The van der Waals surface area contributed by atoms with Crippen LogP contribution in [0.1, 0.15) is 32.1 Å². The van der Waals surface area contributed by atoms with Crippen LogP contribution in [0.2, 0.25) is 0 Å². The molecule has 2 atom stereocenters. The van der Waals surface area contributed by atoms with Crippen molar-refractivity contribution in [2.24, 2.45) is 11.8 Å². The smallest absolute Gasteiger partial charge is 0.388 e. The number of piperidine rings is 1. The normalized spacial score (nSPS) is 33.0. The van der Waals surface area contributed by atoms with E-state index in [1.807, 2.05) is 0 Å². The molecule has 1 aliphatic carbocycles. The van der Waals surface area contributed by atoms with E-state index in [2.05, 4.69) is 4.57 Å². The van der Waals surface area contributed by atoms with E-state index in [1.165, 1.54) is 45.2 Å². The summed E-state index contributed by atoms with van der Waals surface area (Å²) in [4.78, 5) is 0. The lowest BCUT2D eigenvalue weighted by atomic mass is 9.76. The van der Waals surface area contributed by atoms with Gasteiger partial charge in [-0.15, -0.1) is 0 Å². The van der Waals surface area contributed by atoms with Crippen molar-refractivity contribution in [2.45, 2.75) is 32.1 Å². The third-order valence-corrected chi connectivity index (χ3v) is 5.90. The van der Waals surface area contributed by atoms with Crippen molar-refractivity contribution in [3.63, 3.8) is 0 Å². The Bertz CT molecular complexity index is 199. The molecule has 2 fully saturated rings. The molecule has 0 amide bonds. The second-order valence-corrected chi connectivity index (χ2v) is 7.15. The van der Waals surface area contributed by atoms with Crippen LogP contribution in [0.25, 0.3) is 0 Å². The Morgan fingerprint density at radius 2 is 1.67 bits per heavy atom. The Morgan fingerprint density at radius 3 is 2.33 bits per heavy atom. The number of hydrogen-bond donors (Lipinski definition) is 0. The summed E-state index contributed by atoms with van der Waals surface area (Å²) in [5.74, 6) is 1.92. The van der Waals surface area contributed by atoms with Crippen LogP contribution >= 0.6 is 0 Å². The molecule has 15 heavy (non-hydrogen) atoms. The maximum atomic E-state index is 5.46. The molecule has 2 aliphatic rings. The average molecular weight is 229 g/mol. The van der Waals surface area contributed by atoms with Crippen molar-refractivity contribution in [1.29, 1.82) is 0 Å². The molecule has 2 rings (SSSR count). The number of rotatable bonds is 3. The zero-order valence-corrected chi connectivity index (χ0v) is 11.1. The quantitative estimate of drug-likeness (QED) is 0.685. The zero-order valence-electron chi connectivity index (χ0n) is 9.95. The molecular weight excluding hydrogens is 206 g/mol. The van der Waals surface area contributed by atoms with Crippen molar-refractivity contribution in [3.8, 4) is 0 Å². The standard InChI is InChI=1S/C11H23NO2Si/c1-13-15(14-2)12-8-7-10-5-3-4-6-11(10)9-12/h10-11,15H,3-9H2,1-2H3. The van der Waals surface area contributed by atoms with Gasteiger partial charge in [-0.25, -0.2) is 0 Å².